The number of H-pyrrole nitrogens is 1. The van der Waals surface area contributed by atoms with Gasteiger partial charge in [-0.1, -0.05) is 12.2 Å². The molecule has 0 atom stereocenters. The lowest BCUT2D eigenvalue weighted by atomic mass is 10.2. The standard InChI is InChI=1S/C9H7F3N4/c10-9(11,12)8-14-7(15-16-8)6-3-1-2-4-13-5-6/h1-4H,5H2,(H,14,15,16). The van der Waals surface area contributed by atoms with E-state index in [1.807, 2.05) is 0 Å². The molecule has 1 N–H and O–H groups in total. The number of halogens is 3. The number of alkyl halides is 3. The van der Waals surface area contributed by atoms with E-state index in [9.17, 15) is 13.2 Å². The summed E-state index contributed by atoms with van der Waals surface area (Å²) in [4.78, 5) is 7.33. The average molecular weight is 228 g/mol. The number of rotatable bonds is 1. The van der Waals surface area contributed by atoms with Gasteiger partial charge in [-0.2, -0.15) is 13.2 Å². The molecule has 0 saturated carbocycles. The maximum absolute atomic E-state index is 12.2. The van der Waals surface area contributed by atoms with Crippen LogP contribution in [-0.2, 0) is 6.18 Å². The van der Waals surface area contributed by atoms with Gasteiger partial charge in [0, 0.05) is 11.8 Å². The Hall–Kier alpha value is -1.92. The number of aromatic amines is 1. The minimum atomic E-state index is -4.53. The highest BCUT2D eigenvalue weighted by Gasteiger charge is 2.36. The van der Waals surface area contributed by atoms with E-state index in [0.717, 1.165) is 0 Å². The molecule has 4 nitrogen and oxygen atoms in total. The van der Waals surface area contributed by atoms with E-state index in [1.54, 1.807) is 24.4 Å². The van der Waals surface area contributed by atoms with Crippen molar-refractivity contribution < 1.29 is 13.2 Å². The SMILES string of the molecule is FC(F)(F)c1n[nH]c(C2=CC=CC=NC2)n1. The van der Waals surface area contributed by atoms with Gasteiger partial charge in [-0.15, -0.1) is 5.10 Å². The first-order valence-corrected chi connectivity index (χ1v) is 4.43. The third-order valence-electron chi connectivity index (χ3n) is 1.90. The van der Waals surface area contributed by atoms with Crippen molar-refractivity contribution in [2.75, 3.05) is 6.54 Å². The number of aliphatic imine (C=N–C) groups is 1. The summed E-state index contributed by atoms with van der Waals surface area (Å²) in [5, 5.41) is 5.37. The molecule has 16 heavy (non-hydrogen) atoms. The number of hydrogen-bond acceptors (Lipinski definition) is 3. The molecule has 2 heterocycles. The molecule has 0 unspecified atom stereocenters. The fraction of sp³-hybridized carbons (Fsp3) is 0.222. The monoisotopic (exact) mass is 228 g/mol. The molecule has 0 saturated heterocycles. The third kappa shape index (κ3) is 2.18. The van der Waals surface area contributed by atoms with Crippen molar-refractivity contribution in [2.45, 2.75) is 6.18 Å². The largest absolute Gasteiger partial charge is 0.453 e. The number of hydrogen-bond donors (Lipinski definition) is 1. The van der Waals surface area contributed by atoms with Crippen LogP contribution in [0.2, 0.25) is 0 Å². The summed E-state index contributed by atoms with van der Waals surface area (Å²) >= 11 is 0. The van der Waals surface area contributed by atoms with Gasteiger partial charge in [0.05, 0.1) is 6.54 Å². The van der Waals surface area contributed by atoms with Crippen LogP contribution >= 0.6 is 0 Å². The topological polar surface area (TPSA) is 53.9 Å². The maximum atomic E-state index is 12.2. The van der Waals surface area contributed by atoms with Gasteiger partial charge >= 0.3 is 6.18 Å². The molecule has 1 aromatic rings. The van der Waals surface area contributed by atoms with E-state index in [0.29, 0.717) is 5.57 Å². The molecule has 1 aliphatic heterocycles. The van der Waals surface area contributed by atoms with Crippen molar-refractivity contribution in [1.29, 1.82) is 0 Å². The van der Waals surface area contributed by atoms with Crippen molar-refractivity contribution in [3.8, 4) is 0 Å². The number of aromatic nitrogens is 3. The Morgan fingerprint density at radius 3 is 2.75 bits per heavy atom. The van der Waals surface area contributed by atoms with Crippen LogP contribution in [0.15, 0.2) is 23.2 Å². The fourth-order valence-corrected chi connectivity index (χ4v) is 1.17. The van der Waals surface area contributed by atoms with E-state index in [-0.39, 0.29) is 12.4 Å². The molecule has 0 fully saturated rings. The molecule has 0 bridgehead atoms. The second-order valence-electron chi connectivity index (χ2n) is 3.07. The predicted molar refractivity (Wildman–Crippen MR) is 51.9 cm³/mol. The number of nitrogens with zero attached hydrogens (tertiary/aromatic N) is 3. The smallest absolute Gasteiger partial charge is 0.288 e. The van der Waals surface area contributed by atoms with Crippen LogP contribution in [0, 0.1) is 0 Å². The normalized spacial score (nSPS) is 16.1. The Kier molecular flexibility index (Phi) is 2.59. The van der Waals surface area contributed by atoms with Gasteiger partial charge < -0.3 is 0 Å². The lowest BCUT2D eigenvalue weighted by Crippen LogP contribution is -2.07. The zero-order chi connectivity index (χ0) is 11.6. The maximum Gasteiger partial charge on any atom is 0.453 e. The summed E-state index contributed by atoms with van der Waals surface area (Å²) in [5.74, 6) is -1.07. The molecule has 1 aromatic heterocycles. The molecule has 0 aliphatic carbocycles. The molecule has 0 amide bonds. The lowest BCUT2D eigenvalue weighted by Gasteiger charge is -1.98. The van der Waals surface area contributed by atoms with Crippen LogP contribution in [-0.4, -0.2) is 27.9 Å². The first-order chi connectivity index (χ1) is 7.57. The van der Waals surface area contributed by atoms with Crippen LogP contribution < -0.4 is 0 Å². The first kappa shape index (κ1) is 10.6. The molecule has 0 radical (unpaired) electrons. The lowest BCUT2D eigenvalue weighted by molar-refractivity contribution is -0.144. The highest BCUT2D eigenvalue weighted by atomic mass is 19.4. The van der Waals surface area contributed by atoms with Crippen molar-refractivity contribution in [1.82, 2.24) is 15.2 Å². The Labute approximate surface area is 88.6 Å². The van der Waals surface area contributed by atoms with Crippen molar-refractivity contribution >= 4 is 11.8 Å². The van der Waals surface area contributed by atoms with Crippen LogP contribution in [0.25, 0.3) is 5.57 Å². The van der Waals surface area contributed by atoms with Crippen molar-refractivity contribution in [3.05, 3.63) is 29.9 Å². The average Bonchev–Trinajstić information content (AvgIpc) is 2.55. The molecular formula is C9H7F3N4. The van der Waals surface area contributed by atoms with Gasteiger partial charge in [-0.3, -0.25) is 10.1 Å². The minimum Gasteiger partial charge on any atom is -0.288 e. The molecule has 0 aromatic carbocycles. The minimum absolute atomic E-state index is 0.0935. The molecule has 1 aliphatic rings. The molecular weight excluding hydrogens is 221 g/mol. The van der Waals surface area contributed by atoms with E-state index in [1.165, 1.54) is 0 Å². The van der Waals surface area contributed by atoms with E-state index >= 15 is 0 Å². The summed E-state index contributed by atoms with van der Waals surface area (Å²) in [7, 11) is 0. The van der Waals surface area contributed by atoms with Gasteiger partial charge in [-0.25, -0.2) is 4.98 Å². The van der Waals surface area contributed by atoms with Crippen molar-refractivity contribution in [2.24, 2.45) is 4.99 Å². The second kappa shape index (κ2) is 3.92. The van der Waals surface area contributed by atoms with Gasteiger partial charge in [0.25, 0.3) is 5.82 Å². The van der Waals surface area contributed by atoms with Crippen LogP contribution in [0.3, 0.4) is 0 Å². The summed E-state index contributed by atoms with van der Waals surface area (Å²) in [6.07, 6.45) is 2.06. The zero-order valence-electron chi connectivity index (χ0n) is 7.99. The Morgan fingerprint density at radius 1 is 1.25 bits per heavy atom. The Balaban J connectivity index is 2.29. The summed E-state index contributed by atoms with van der Waals surface area (Å²) in [6.45, 7) is 0.277. The summed E-state index contributed by atoms with van der Waals surface area (Å²) in [5.41, 5.74) is 0.563. The van der Waals surface area contributed by atoms with E-state index in [4.69, 9.17) is 0 Å². The first-order valence-electron chi connectivity index (χ1n) is 4.43. The summed E-state index contributed by atoms with van der Waals surface area (Å²) in [6, 6.07) is 0. The quantitative estimate of drug-likeness (QED) is 0.797. The summed E-state index contributed by atoms with van der Waals surface area (Å²) < 4.78 is 36.7. The third-order valence-corrected chi connectivity index (χ3v) is 1.90. The van der Waals surface area contributed by atoms with Crippen molar-refractivity contribution in [3.63, 3.8) is 0 Å². The predicted octanol–water partition coefficient (Wildman–Crippen LogP) is 1.85. The molecule has 7 heteroatoms. The van der Waals surface area contributed by atoms with Crippen LogP contribution in [0.5, 0.6) is 0 Å². The van der Waals surface area contributed by atoms with Crippen LogP contribution in [0.1, 0.15) is 11.6 Å². The molecule has 0 spiro atoms. The molecule has 84 valence electrons. The number of allylic oxidation sites excluding steroid dienone is 3. The Morgan fingerprint density at radius 2 is 2.06 bits per heavy atom. The van der Waals surface area contributed by atoms with E-state index in [2.05, 4.69) is 20.2 Å². The van der Waals surface area contributed by atoms with Gasteiger partial charge in [0.1, 0.15) is 0 Å². The number of nitrogens with one attached hydrogen (secondary N) is 1. The molecule has 2 rings (SSSR count). The van der Waals surface area contributed by atoms with Gasteiger partial charge in [0.2, 0.25) is 0 Å². The highest BCUT2D eigenvalue weighted by molar-refractivity contribution is 5.76. The van der Waals surface area contributed by atoms with Gasteiger partial charge in [-0.05, 0) is 6.08 Å². The van der Waals surface area contributed by atoms with Gasteiger partial charge in [0.15, 0.2) is 5.82 Å². The zero-order valence-corrected chi connectivity index (χ0v) is 7.99. The fourth-order valence-electron chi connectivity index (χ4n) is 1.17. The Bertz CT molecular complexity index is 467. The second-order valence-corrected chi connectivity index (χ2v) is 3.07. The highest BCUT2D eigenvalue weighted by Crippen LogP contribution is 2.26. The van der Waals surface area contributed by atoms with Crippen LogP contribution in [0.4, 0.5) is 13.2 Å². The van der Waals surface area contributed by atoms with E-state index < -0.39 is 12.0 Å².